The second-order valence-electron chi connectivity index (χ2n) is 8.60. The summed E-state index contributed by atoms with van der Waals surface area (Å²) in [6.07, 6.45) is 8.08. The zero-order valence-corrected chi connectivity index (χ0v) is 17.8. The smallest absolute Gasteiger partial charge is 0.216 e. The fourth-order valence-corrected chi connectivity index (χ4v) is 5.23. The first-order chi connectivity index (χ1) is 14.2. The third kappa shape index (κ3) is 2.73. The van der Waals surface area contributed by atoms with Gasteiger partial charge >= 0.3 is 0 Å². The van der Waals surface area contributed by atoms with E-state index in [4.69, 9.17) is 4.42 Å². The number of hydrogen-bond acceptors (Lipinski definition) is 1. The van der Waals surface area contributed by atoms with Gasteiger partial charge in [-0.3, -0.25) is 0 Å². The molecule has 1 aliphatic rings. The Morgan fingerprint density at radius 2 is 1.83 bits per heavy atom. The third-order valence-electron chi connectivity index (χ3n) is 7.12. The van der Waals surface area contributed by atoms with Gasteiger partial charge in [-0.05, 0) is 55.0 Å². The first-order valence-electron chi connectivity index (χ1n) is 11.2. The van der Waals surface area contributed by atoms with Crippen molar-refractivity contribution in [3.63, 3.8) is 0 Å². The van der Waals surface area contributed by atoms with E-state index in [9.17, 15) is 0 Å². The first kappa shape index (κ1) is 18.4. The minimum absolute atomic E-state index is 0.161. The molecule has 2 heteroatoms. The molecule has 0 spiro atoms. The molecule has 148 valence electrons. The van der Waals surface area contributed by atoms with Crippen LogP contribution in [-0.4, -0.2) is 0 Å². The standard InChI is InChI=1S/C27H30NO/c1-4-7-10-19-12-15-24-21(17-19)20-13-14-22-25(26(20)29-24)23-11-8-9-16-28(23)18-27(22,5-2)6-3/h8-9,11-17H,4-7,10,18H2,1-3H3/q+1. The highest BCUT2D eigenvalue weighted by atomic mass is 16.3. The normalized spacial score (nSPS) is 14.9. The van der Waals surface area contributed by atoms with Crippen LogP contribution in [0.25, 0.3) is 33.2 Å². The Balaban J connectivity index is 1.82. The van der Waals surface area contributed by atoms with Crippen LogP contribution in [0.4, 0.5) is 0 Å². The van der Waals surface area contributed by atoms with Crippen LogP contribution in [0.3, 0.4) is 0 Å². The molecule has 0 atom stereocenters. The van der Waals surface area contributed by atoms with Crippen LogP contribution in [0, 0.1) is 0 Å². The second-order valence-corrected chi connectivity index (χ2v) is 8.60. The highest BCUT2D eigenvalue weighted by molar-refractivity contribution is 6.10. The number of furan rings is 1. The number of aromatic nitrogens is 1. The van der Waals surface area contributed by atoms with Gasteiger partial charge in [0.2, 0.25) is 5.69 Å². The summed E-state index contributed by atoms with van der Waals surface area (Å²) in [7, 11) is 0. The number of pyridine rings is 1. The predicted molar refractivity (Wildman–Crippen MR) is 120 cm³/mol. The first-order valence-corrected chi connectivity index (χ1v) is 11.2. The molecule has 3 heterocycles. The number of hydrogen-bond donors (Lipinski definition) is 0. The molecule has 2 aromatic heterocycles. The van der Waals surface area contributed by atoms with E-state index in [1.165, 1.54) is 46.0 Å². The molecule has 1 aliphatic heterocycles. The summed E-state index contributed by atoms with van der Waals surface area (Å²) in [4.78, 5) is 0. The van der Waals surface area contributed by atoms with E-state index in [2.05, 4.69) is 80.1 Å². The van der Waals surface area contributed by atoms with Crippen LogP contribution in [0.5, 0.6) is 0 Å². The molecule has 29 heavy (non-hydrogen) atoms. The molecule has 0 unspecified atom stereocenters. The van der Waals surface area contributed by atoms with Crippen LogP contribution < -0.4 is 4.57 Å². The van der Waals surface area contributed by atoms with Crippen molar-refractivity contribution in [2.45, 2.75) is 64.8 Å². The zero-order valence-electron chi connectivity index (χ0n) is 17.8. The van der Waals surface area contributed by atoms with Gasteiger partial charge in [0.25, 0.3) is 0 Å². The lowest BCUT2D eigenvalue weighted by Crippen LogP contribution is -2.50. The van der Waals surface area contributed by atoms with Crippen LogP contribution in [0.1, 0.15) is 57.6 Å². The minimum atomic E-state index is 0.161. The fraction of sp³-hybridized carbons (Fsp3) is 0.370. The Morgan fingerprint density at radius 1 is 0.966 bits per heavy atom. The monoisotopic (exact) mass is 384 g/mol. The van der Waals surface area contributed by atoms with Crippen molar-refractivity contribution >= 4 is 21.9 Å². The Labute approximate surface area is 173 Å². The molecule has 0 radical (unpaired) electrons. The maximum absolute atomic E-state index is 6.54. The van der Waals surface area contributed by atoms with Crippen LogP contribution in [0.2, 0.25) is 0 Å². The molecule has 0 N–H and O–H groups in total. The zero-order chi connectivity index (χ0) is 20.0. The van der Waals surface area contributed by atoms with E-state index in [0.29, 0.717) is 0 Å². The van der Waals surface area contributed by atoms with Crippen LogP contribution in [0.15, 0.2) is 59.1 Å². The van der Waals surface area contributed by atoms with E-state index in [-0.39, 0.29) is 5.41 Å². The van der Waals surface area contributed by atoms with Crippen LogP contribution in [-0.2, 0) is 18.4 Å². The van der Waals surface area contributed by atoms with Gasteiger partial charge in [0.05, 0.1) is 11.0 Å². The average Bonchev–Trinajstić information content (AvgIpc) is 3.15. The topological polar surface area (TPSA) is 17.0 Å². The SMILES string of the molecule is CCCCc1ccc2oc3c4c(ccc3c2c1)C(CC)(CC)C[n+]1ccccc1-4. The third-order valence-corrected chi connectivity index (χ3v) is 7.12. The number of benzene rings is 2. The van der Waals surface area contributed by atoms with Gasteiger partial charge < -0.3 is 4.42 Å². The molecular weight excluding hydrogens is 354 g/mol. The maximum atomic E-state index is 6.54. The molecule has 0 saturated carbocycles. The molecule has 4 aromatic rings. The Morgan fingerprint density at radius 3 is 2.62 bits per heavy atom. The van der Waals surface area contributed by atoms with Crippen molar-refractivity contribution in [2.75, 3.05) is 0 Å². The number of unbranched alkanes of at least 4 members (excludes halogenated alkanes) is 1. The quantitative estimate of drug-likeness (QED) is 0.340. The predicted octanol–water partition coefficient (Wildman–Crippen LogP) is 6.95. The number of nitrogens with zero attached hydrogens (tertiary/aromatic N) is 1. The molecule has 0 aliphatic carbocycles. The Kier molecular flexibility index (Phi) is 4.46. The van der Waals surface area contributed by atoms with Gasteiger partial charge in [0, 0.05) is 22.9 Å². The van der Waals surface area contributed by atoms with Gasteiger partial charge in [0.1, 0.15) is 11.2 Å². The van der Waals surface area contributed by atoms with Gasteiger partial charge in [-0.25, -0.2) is 0 Å². The van der Waals surface area contributed by atoms with E-state index < -0.39 is 0 Å². The average molecular weight is 385 g/mol. The second kappa shape index (κ2) is 7.02. The minimum Gasteiger partial charge on any atom is -0.455 e. The maximum Gasteiger partial charge on any atom is 0.216 e. The molecular formula is C27H30NO+. The van der Waals surface area contributed by atoms with E-state index in [1.54, 1.807) is 0 Å². The summed E-state index contributed by atoms with van der Waals surface area (Å²) in [5.74, 6) is 0. The van der Waals surface area contributed by atoms with Crippen molar-refractivity contribution < 1.29 is 8.98 Å². The van der Waals surface area contributed by atoms with E-state index in [1.807, 2.05) is 0 Å². The van der Waals surface area contributed by atoms with Gasteiger partial charge in [-0.2, -0.15) is 4.57 Å². The molecule has 0 fully saturated rings. The molecule has 0 bridgehead atoms. The molecule has 5 rings (SSSR count). The summed E-state index contributed by atoms with van der Waals surface area (Å²) < 4.78 is 8.96. The van der Waals surface area contributed by atoms with Gasteiger partial charge in [0.15, 0.2) is 12.7 Å². The summed E-state index contributed by atoms with van der Waals surface area (Å²) in [5.41, 5.74) is 7.64. The van der Waals surface area contributed by atoms with Crippen molar-refractivity contribution in [2.24, 2.45) is 0 Å². The van der Waals surface area contributed by atoms with Crippen molar-refractivity contribution in [3.05, 3.63) is 65.9 Å². The van der Waals surface area contributed by atoms with E-state index >= 15 is 0 Å². The van der Waals surface area contributed by atoms with E-state index in [0.717, 1.165) is 37.0 Å². The highest BCUT2D eigenvalue weighted by Gasteiger charge is 2.42. The van der Waals surface area contributed by atoms with Crippen molar-refractivity contribution in [3.8, 4) is 11.3 Å². The summed E-state index contributed by atoms with van der Waals surface area (Å²) in [6.45, 7) is 7.94. The Hall–Kier alpha value is -2.61. The fourth-order valence-electron chi connectivity index (χ4n) is 5.23. The summed E-state index contributed by atoms with van der Waals surface area (Å²) >= 11 is 0. The molecule has 0 amide bonds. The molecule has 0 saturated heterocycles. The van der Waals surface area contributed by atoms with Crippen molar-refractivity contribution in [1.29, 1.82) is 0 Å². The van der Waals surface area contributed by atoms with Crippen molar-refractivity contribution in [1.82, 2.24) is 0 Å². The largest absolute Gasteiger partial charge is 0.455 e. The lowest BCUT2D eigenvalue weighted by Gasteiger charge is -2.34. The number of rotatable bonds is 5. The number of fused-ring (bicyclic) bond motifs is 7. The lowest BCUT2D eigenvalue weighted by atomic mass is 9.71. The highest BCUT2D eigenvalue weighted by Crippen LogP contribution is 2.46. The lowest BCUT2D eigenvalue weighted by molar-refractivity contribution is -0.697. The summed E-state index contributed by atoms with van der Waals surface area (Å²) in [5, 5.41) is 2.50. The molecule has 2 nitrogen and oxygen atoms in total. The Bertz CT molecular complexity index is 1200. The number of aryl methyl sites for hydroxylation is 1. The summed E-state index contributed by atoms with van der Waals surface area (Å²) in [6, 6.07) is 18.0. The van der Waals surface area contributed by atoms with Gasteiger partial charge in [-0.1, -0.05) is 45.4 Å². The van der Waals surface area contributed by atoms with Gasteiger partial charge in [-0.15, -0.1) is 0 Å². The van der Waals surface area contributed by atoms with Crippen LogP contribution >= 0.6 is 0 Å². The molecule has 2 aromatic carbocycles.